The Balaban J connectivity index is 1.41. The quantitative estimate of drug-likeness (QED) is 0.0485. The molecule has 0 aliphatic carbocycles. The van der Waals surface area contributed by atoms with Crippen molar-refractivity contribution >= 4 is 75.0 Å². The summed E-state index contributed by atoms with van der Waals surface area (Å²) in [5.74, 6) is -0.850. The molecule has 16 heteroatoms. The fourth-order valence-electron chi connectivity index (χ4n) is 8.60. The van der Waals surface area contributed by atoms with Gasteiger partial charge in [-0.05, 0) is 91.2 Å². The number of rotatable bonds is 14. The molecule has 0 saturated heterocycles. The molecule has 4 aromatic rings. The first-order valence-electron chi connectivity index (χ1n) is 18.8. The molecule has 0 unspecified atom stereocenters. The predicted octanol–water partition coefficient (Wildman–Crippen LogP) is 7.62. The van der Waals surface area contributed by atoms with Crippen LogP contribution in [-0.4, -0.2) is 73.4 Å². The summed E-state index contributed by atoms with van der Waals surface area (Å²) in [5.41, 5.74) is 3.40. The van der Waals surface area contributed by atoms with Crippen LogP contribution in [-0.2, 0) is 46.0 Å². The molecule has 4 aromatic carbocycles. The fourth-order valence-corrected chi connectivity index (χ4v) is 10.6. The smallest absolute Gasteiger partial charge is 0.303 e. The van der Waals surface area contributed by atoms with E-state index in [0.29, 0.717) is 60.4 Å². The van der Waals surface area contributed by atoms with E-state index in [4.69, 9.17) is 5.11 Å². The molecule has 0 aromatic heterocycles. The molecule has 3 N–H and O–H groups in total. The Kier molecular flexibility index (Phi) is 11.4. The Morgan fingerprint density at radius 3 is 2.10 bits per heavy atom. The van der Waals surface area contributed by atoms with Gasteiger partial charge in [-0.25, -0.2) is 8.42 Å². The average molecular weight is 851 g/mol. The lowest BCUT2D eigenvalue weighted by Gasteiger charge is -2.26. The summed E-state index contributed by atoms with van der Waals surface area (Å²) in [5, 5.41) is 10.5. The number of carbonyl (C=O) groups is 1. The van der Waals surface area contributed by atoms with Crippen molar-refractivity contribution in [1.82, 2.24) is 0 Å². The summed E-state index contributed by atoms with van der Waals surface area (Å²) < 4.78 is 108. The van der Waals surface area contributed by atoms with Gasteiger partial charge >= 0.3 is 5.97 Å². The van der Waals surface area contributed by atoms with Gasteiger partial charge in [0.1, 0.15) is 21.6 Å². The molecule has 308 valence electrons. The highest BCUT2D eigenvalue weighted by Crippen LogP contribution is 2.52. The van der Waals surface area contributed by atoms with Crippen molar-refractivity contribution in [3.8, 4) is 0 Å². The van der Waals surface area contributed by atoms with E-state index in [1.807, 2.05) is 77.1 Å². The lowest BCUT2D eigenvalue weighted by atomic mass is 9.79. The van der Waals surface area contributed by atoms with E-state index < -0.39 is 56.9 Å². The minimum absolute atomic E-state index is 0.0519. The molecule has 6 rings (SSSR count). The van der Waals surface area contributed by atoms with Gasteiger partial charge in [0, 0.05) is 59.3 Å². The van der Waals surface area contributed by atoms with Gasteiger partial charge in [0.15, 0.2) is 5.71 Å². The number of aliphatic carboxylic acids is 1. The third-order valence-corrected chi connectivity index (χ3v) is 13.7. The van der Waals surface area contributed by atoms with E-state index in [0.717, 1.165) is 29.1 Å². The molecule has 2 heterocycles. The number of unbranched alkanes of at least 4 members (excludes halogenated alkanes) is 2. The molecular formula is C42H46N2O11S3. The predicted molar refractivity (Wildman–Crippen MR) is 221 cm³/mol. The molecule has 58 heavy (non-hydrogen) atoms. The van der Waals surface area contributed by atoms with Crippen molar-refractivity contribution in [2.75, 3.05) is 18.0 Å². The number of carboxylic acid groups (broad SMARTS) is 1. The second-order valence-corrected chi connectivity index (χ2v) is 19.8. The number of fused-ring (bicyclic) bond motifs is 6. The third-order valence-electron chi connectivity index (χ3n) is 11.0. The van der Waals surface area contributed by atoms with Crippen LogP contribution in [0, 0.1) is 0 Å². The Morgan fingerprint density at radius 1 is 0.776 bits per heavy atom. The number of anilines is 1. The minimum atomic E-state index is -5.13. The standard InChI is InChI=1S/C42H46N2O11S3/c1-6-23-43-33-22-20-29-31(25-27(56(47,48)49)26-35(29)58(53,54)55)40(33)42(4,5)36(43)16-9-7-10-17-37-41(2,3)39-30-14-13-15-34(57(50,51)52)28(30)19-21-32(39)44(37)24-12-8-11-18-38(45)46/h7,9-10,13-17,19-22,25-26H,6,8,11-12,18,23-24H2,1-5H3,(H3-,45,46,47,48,49,50,51,52,53,54,55). The van der Waals surface area contributed by atoms with E-state index in [2.05, 4.69) is 9.48 Å². The van der Waals surface area contributed by atoms with Crippen LogP contribution in [0.15, 0.2) is 105 Å². The highest BCUT2D eigenvalue weighted by molar-refractivity contribution is 7.87. The van der Waals surface area contributed by atoms with Gasteiger partial charge in [0.25, 0.3) is 20.2 Å². The molecule has 2 aliphatic heterocycles. The molecule has 0 amide bonds. The topological polar surface area (TPSA) is 209 Å². The Labute approximate surface area is 339 Å². The van der Waals surface area contributed by atoms with Gasteiger partial charge < -0.3 is 14.6 Å². The maximum atomic E-state index is 12.3. The molecule has 2 aliphatic rings. The molecule has 0 bridgehead atoms. The van der Waals surface area contributed by atoms with E-state index in [-0.39, 0.29) is 22.1 Å². The highest BCUT2D eigenvalue weighted by atomic mass is 32.2. The molecule has 0 radical (unpaired) electrons. The zero-order valence-electron chi connectivity index (χ0n) is 32.8. The Hall–Kier alpha value is -4.71. The number of hydrogen-bond donors (Lipinski definition) is 3. The lowest BCUT2D eigenvalue weighted by molar-refractivity contribution is -0.438. The Bertz CT molecular complexity index is 2840. The van der Waals surface area contributed by atoms with Gasteiger partial charge in [-0.3, -0.25) is 13.9 Å². The summed E-state index contributed by atoms with van der Waals surface area (Å²) in [6.07, 6.45) is 12.3. The van der Waals surface area contributed by atoms with E-state index in [1.54, 1.807) is 18.2 Å². The van der Waals surface area contributed by atoms with Crippen LogP contribution in [0.25, 0.3) is 21.5 Å². The minimum Gasteiger partial charge on any atom is -0.744 e. The highest BCUT2D eigenvalue weighted by Gasteiger charge is 2.46. The summed E-state index contributed by atoms with van der Waals surface area (Å²) in [6.45, 7) is 11.1. The first-order valence-corrected chi connectivity index (χ1v) is 23.1. The molecule has 0 saturated carbocycles. The van der Waals surface area contributed by atoms with E-state index in [1.165, 1.54) is 18.2 Å². The molecule has 0 atom stereocenters. The number of benzene rings is 4. The fraction of sp³-hybridized carbons (Fsp3) is 0.333. The van der Waals surface area contributed by atoms with Gasteiger partial charge in [0.2, 0.25) is 5.69 Å². The lowest BCUT2D eigenvalue weighted by Crippen LogP contribution is -2.28. The first-order chi connectivity index (χ1) is 27.0. The third kappa shape index (κ3) is 7.88. The molecule has 13 nitrogen and oxygen atoms in total. The van der Waals surface area contributed by atoms with Crippen molar-refractivity contribution in [1.29, 1.82) is 0 Å². The zero-order valence-corrected chi connectivity index (χ0v) is 35.2. The van der Waals surface area contributed by atoms with Crippen molar-refractivity contribution < 1.29 is 53.4 Å². The van der Waals surface area contributed by atoms with Crippen LogP contribution >= 0.6 is 0 Å². The van der Waals surface area contributed by atoms with Gasteiger partial charge in [0.05, 0.1) is 15.2 Å². The van der Waals surface area contributed by atoms with E-state index >= 15 is 0 Å². The van der Waals surface area contributed by atoms with Crippen molar-refractivity contribution in [3.05, 3.63) is 102 Å². The maximum Gasteiger partial charge on any atom is 0.303 e. The molecule has 0 fully saturated rings. The van der Waals surface area contributed by atoms with Gasteiger partial charge in [-0.15, -0.1) is 0 Å². The number of allylic oxidation sites excluding steroid dienone is 6. The maximum absolute atomic E-state index is 12.3. The zero-order chi connectivity index (χ0) is 42.6. The summed E-state index contributed by atoms with van der Waals surface area (Å²) in [4.78, 5) is 11.6. The molecule has 0 spiro atoms. The summed E-state index contributed by atoms with van der Waals surface area (Å²) in [7, 11) is -14.5. The van der Waals surface area contributed by atoms with E-state index in [9.17, 15) is 43.7 Å². The van der Waals surface area contributed by atoms with Gasteiger partial charge in [-0.2, -0.15) is 21.4 Å². The van der Waals surface area contributed by atoms with Crippen molar-refractivity contribution in [3.63, 3.8) is 0 Å². The number of carboxylic acids is 1. The number of nitrogens with zero attached hydrogens (tertiary/aromatic N) is 2. The summed E-state index contributed by atoms with van der Waals surface area (Å²) in [6, 6.07) is 13.5. The number of hydrogen-bond acceptors (Lipinski definition) is 9. The Morgan fingerprint density at radius 2 is 1.47 bits per heavy atom. The van der Waals surface area contributed by atoms with Crippen LogP contribution < -0.4 is 4.90 Å². The van der Waals surface area contributed by atoms with Gasteiger partial charge in [-0.1, -0.05) is 57.2 Å². The first kappa shape index (κ1) is 42.9. The van der Waals surface area contributed by atoms with Crippen LogP contribution in [0.1, 0.15) is 77.8 Å². The second kappa shape index (κ2) is 15.5. The molecular weight excluding hydrogens is 805 g/mol. The van der Waals surface area contributed by atoms with Crippen LogP contribution in [0.4, 0.5) is 11.4 Å². The average Bonchev–Trinajstić information content (AvgIpc) is 3.47. The van der Waals surface area contributed by atoms with Crippen molar-refractivity contribution in [2.45, 2.75) is 92.2 Å². The van der Waals surface area contributed by atoms with Crippen LogP contribution in [0.2, 0.25) is 0 Å². The van der Waals surface area contributed by atoms with Crippen LogP contribution in [0.5, 0.6) is 0 Å². The summed E-state index contributed by atoms with van der Waals surface area (Å²) >= 11 is 0. The normalized spacial score (nSPS) is 17.4. The SMILES string of the molecule is CCCN1/C(=C/C=C/C=C/C2=[N+](CCCCCC(=O)O)c3ccc4c(S(=O)(=O)O)cccc4c3C2(C)C)C(C)(C)c2c1ccc1c(S(=O)(=O)[O-])cc(S(=O)(=O)O)cc21. The van der Waals surface area contributed by atoms with Crippen LogP contribution in [0.3, 0.4) is 0 Å². The largest absolute Gasteiger partial charge is 0.744 e. The van der Waals surface area contributed by atoms with Crippen molar-refractivity contribution in [2.24, 2.45) is 0 Å². The monoisotopic (exact) mass is 850 g/mol. The second-order valence-electron chi connectivity index (χ2n) is 15.6.